The number of amides is 13. The van der Waals surface area contributed by atoms with E-state index in [1.54, 1.807) is 92.5 Å². The van der Waals surface area contributed by atoms with Gasteiger partial charge in [-0.1, -0.05) is 177 Å². The predicted octanol–water partition coefficient (Wildman–Crippen LogP) is 3.55. The van der Waals surface area contributed by atoms with Crippen LogP contribution in [0.4, 0.5) is 0 Å². The second-order valence-electron chi connectivity index (χ2n) is 32.5. The highest BCUT2D eigenvalue weighted by Gasteiger charge is 2.42. The molecule has 0 bridgehead atoms. The molecule has 34 nitrogen and oxygen atoms in total. The van der Waals surface area contributed by atoms with Gasteiger partial charge in [0.05, 0.1) is 6.04 Å². The Hall–Kier alpha value is -10.7. The lowest BCUT2D eigenvalue weighted by molar-refractivity contribution is -0.143. The number of primary amides is 1. The van der Waals surface area contributed by atoms with Gasteiger partial charge >= 0.3 is 0 Å². The summed E-state index contributed by atoms with van der Waals surface area (Å²) in [5.74, 6) is -8.14. The normalized spacial score (nSPS) is 15.7. The van der Waals surface area contributed by atoms with Gasteiger partial charge in [-0.2, -0.15) is 16.9 Å². The maximum Gasteiger partial charge on any atom is 0.264 e. The molecule has 1 aromatic heterocycles. The molecule has 6 rings (SSSR count). The minimum Gasteiger partial charge on any atom is -0.370 e. The molecule has 0 spiro atoms. The van der Waals surface area contributed by atoms with Crippen LogP contribution in [0.5, 0.6) is 0 Å². The average Bonchev–Trinajstić information content (AvgIpc) is 1.71. The van der Waals surface area contributed by atoms with Gasteiger partial charge in [0.15, 0.2) is 5.96 Å². The summed E-state index contributed by atoms with van der Waals surface area (Å²) in [5.41, 5.74) is 34.6. The number of nitrogens with zero attached hydrogens (tertiary/aromatic N) is 4. The van der Waals surface area contributed by atoms with Crippen LogP contribution in [0.25, 0.3) is 10.9 Å². The fraction of sp³-hybridized carbons (Fsp3) is 0.607. The van der Waals surface area contributed by atoms with E-state index in [-0.39, 0.29) is 108 Å². The van der Waals surface area contributed by atoms with Crippen LogP contribution in [0.3, 0.4) is 0 Å². The Kier molecular flexibility index (Phi) is 47.5. The van der Waals surface area contributed by atoms with Gasteiger partial charge in [0, 0.05) is 82.1 Å². The van der Waals surface area contributed by atoms with Crippen LogP contribution in [0, 0.1) is 5.92 Å². The number of H-pyrrole nitrogens is 1. The molecule has 35 heteroatoms. The topological polar surface area (TPSA) is 531 Å². The van der Waals surface area contributed by atoms with Gasteiger partial charge in [-0.25, -0.2) is 0 Å². The van der Waals surface area contributed by atoms with Crippen molar-refractivity contribution in [1.82, 2.24) is 73.4 Å². The molecular weight excluding hydrogens is 1600 g/mol. The molecule has 22 N–H and O–H groups in total. The third-order valence-electron chi connectivity index (χ3n) is 22.2. The molecule has 2 aliphatic rings. The van der Waals surface area contributed by atoms with Gasteiger partial charge in [-0.15, -0.1) is 0 Å². The average molecular weight is 1740 g/mol. The number of fused-ring (bicyclic) bond motifs is 1. The van der Waals surface area contributed by atoms with E-state index in [4.69, 9.17) is 28.7 Å². The Labute approximate surface area is 734 Å². The number of para-hydroxylation sites is 1. The van der Waals surface area contributed by atoms with Gasteiger partial charge < -0.3 is 102 Å². The highest BCUT2D eigenvalue weighted by atomic mass is 32.2. The lowest BCUT2D eigenvalue weighted by Gasteiger charge is -2.32. The maximum atomic E-state index is 15.5. The fourth-order valence-electron chi connectivity index (χ4n) is 15.2. The number of unbranched alkanes of at least 4 members (excludes halogenated alkanes) is 13. The van der Waals surface area contributed by atoms with Crippen molar-refractivity contribution >= 4 is 112 Å². The summed E-state index contributed by atoms with van der Waals surface area (Å²) in [6.45, 7) is 6.80. The van der Waals surface area contributed by atoms with E-state index in [1.165, 1.54) is 74.0 Å². The number of hydrazone groups is 1. The van der Waals surface area contributed by atoms with Crippen molar-refractivity contribution in [3.63, 3.8) is 0 Å². The largest absolute Gasteiger partial charge is 0.370 e. The Balaban J connectivity index is 1.07. The molecule has 2 aliphatic heterocycles. The minimum absolute atomic E-state index is 0.00383. The Bertz CT molecular complexity index is 4060. The number of benzene rings is 3. The third kappa shape index (κ3) is 37.4. The second-order valence-corrected chi connectivity index (χ2v) is 33.5. The summed E-state index contributed by atoms with van der Waals surface area (Å²) in [6, 6.07) is 12.8. The zero-order valence-corrected chi connectivity index (χ0v) is 73.9. The molecule has 0 radical (unpaired) electrons. The van der Waals surface area contributed by atoms with E-state index >= 15 is 19.2 Å². The van der Waals surface area contributed by atoms with Gasteiger partial charge in [-0.3, -0.25) is 67.3 Å². The number of guanidine groups is 1. The summed E-state index contributed by atoms with van der Waals surface area (Å²) in [5, 5.41) is 32.7. The Morgan fingerprint density at radius 1 is 0.516 bits per heavy atom. The molecule has 0 aliphatic carbocycles. The van der Waals surface area contributed by atoms with E-state index in [0.717, 1.165) is 36.4 Å². The number of rotatable bonds is 61. The number of likely N-dealkylation sites (tertiary alicyclic amines) is 2. The molecule has 3 aromatic carbocycles. The number of aromatic amines is 1. The quantitative estimate of drug-likeness (QED) is 0.0130. The lowest BCUT2D eigenvalue weighted by Crippen LogP contribution is -2.61. The van der Waals surface area contributed by atoms with Crippen LogP contribution in [0.2, 0.25) is 0 Å². The van der Waals surface area contributed by atoms with Crippen LogP contribution in [-0.4, -0.2) is 229 Å². The summed E-state index contributed by atoms with van der Waals surface area (Å²) < 4.78 is 0. The highest BCUT2D eigenvalue weighted by Crippen LogP contribution is 2.25. The molecule has 0 unspecified atom stereocenters. The van der Waals surface area contributed by atoms with Gasteiger partial charge in [0.2, 0.25) is 70.9 Å². The number of nitrogens with one attached hydrogen (secondary N) is 12. The Morgan fingerprint density at radius 2 is 1.02 bits per heavy atom. The van der Waals surface area contributed by atoms with Crippen LogP contribution in [-0.2, 0) is 81.6 Å². The summed E-state index contributed by atoms with van der Waals surface area (Å²) >= 11 is 1.54. The van der Waals surface area contributed by atoms with Gasteiger partial charge in [0.25, 0.3) is 5.91 Å². The number of aromatic nitrogens is 1. The molecule has 2 saturated heterocycles. The fourth-order valence-corrected chi connectivity index (χ4v) is 15.7. The number of carbonyl (C=O) groups is 13. The number of carbonyl (C=O) groups excluding carboxylic acids is 13. The van der Waals surface area contributed by atoms with Gasteiger partial charge in [0.1, 0.15) is 67.1 Å². The number of thioether (sulfide) groups is 1. The van der Waals surface area contributed by atoms with Crippen molar-refractivity contribution in [3.05, 3.63) is 108 Å². The minimum atomic E-state index is -1.47. The molecule has 13 amide bonds. The first-order valence-electron chi connectivity index (χ1n) is 44.5. The molecule has 0 saturated carbocycles. The second kappa shape index (κ2) is 57.7. The van der Waals surface area contributed by atoms with Crippen LogP contribution < -0.4 is 87.3 Å². The molecule has 684 valence electrons. The first-order valence-corrected chi connectivity index (χ1v) is 45.9. The molecule has 4 aromatic rings. The molecule has 3 heterocycles. The number of hydrogen-bond donors (Lipinski definition) is 17. The van der Waals surface area contributed by atoms with Crippen molar-refractivity contribution in [2.75, 3.05) is 64.4 Å². The zero-order chi connectivity index (χ0) is 90.0. The summed E-state index contributed by atoms with van der Waals surface area (Å²) in [7, 11) is 0. The van der Waals surface area contributed by atoms with E-state index < -0.39 is 131 Å². The van der Waals surface area contributed by atoms with Crippen molar-refractivity contribution in [1.29, 1.82) is 0 Å². The lowest BCUT2D eigenvalue weighted by atomic mass is 10.00. The predicted molar refractivity (Wildman–Crippen MR) is 483 cm³/mol. The molecule has 124 heavy (non-hydrogen) atoms. The van der Waals surface area contributed by atoms with E-state index in [2.05, 4.69) is 80.6 Å². The van der Waals surface area contributed by atoms with Crippen LogP contribution in [0.1, 0.15) is 211 Å². The van der Waals surface area contributed by atoms with E-state index in [9.17, 15) is 43.2 Å². The van der Waals surface area contributed by atoms with Gasteiger partial charge in [-0.05, 0) is 137 Å². The van der Waals surface area contributed by atoms with E-state index in [1.807, 2.05) is 30.5 Å². The third-order valence-corrected chi connectivity index (χ3v) is 22.9. The standard InChI is InChI=1S/C89H139N21O13S/c1-5-6-7-8-9-10-11-12-13-14-15-16-23-44-75(111)95-49-32-50-97-77(113)59-101-100-58-76(112)96-47-28-40-67(79(92)114)102-86(121)78(60(2)3)108-85(120)74-43-31-52-110(74)88(123)69(39-26-27-46-90)104-82(117)70(54-61-33-19-17-20-34-61)105-83(118)72(56-63-57-99-66-38-25-24-37-64(63)66)106-80(115)68(41-29-48-98-89(93)94)103-81(116)71(55-62-35-21-18-22-36-62)107-84(119)73-42-30-51-109(73)87(122)65(91)45-53-124-4/h17-22,24-25,33-38,57,59-60,65,67-74,78,99-100H,5-16,23,26-32,39-56,58,90-91H2,1-4H3,(H2,92,114)(H,95,111)(H,96,112)(H,97,113)(H,102,121)(H,103,116)(H,104,117)(H,105,118)(H,106,115)(H,107,119)(H,108,120)(H4,93,94,98)/b101-59+/t65-,67-,68-,69-,70-,71+,72+,73-,74-,78-/m0/s1. The highest BCUT2D eigenvalue weighted by molar-refractivity contribution is 7.98. The molecular formula is C89H139N21O13S. The first kappa shape index (κ1) is 102. The number of hydrogen-bond acceptors (Lipinski definition) is 19. The smallest absolute Gasteiger partial charge is 0.264 e. The molecule has 10 atom stereocenters. The van der Waals surface area contributed by atoms with Crippen LogP contribution in [0.15, 0.2) is 101 Å². The SMILES string of the molecule is CCCCCCCCCCCCCCCC(=O)NCCCNC(=O)/C=N/NCC(=O)NCCC[C@H](NC(=O)[C@@H](NC(=O)[C@@H]1CCCN1C(=O)[C@H](CCCCN)NC(=O)[C@H](Cc1ccccc1)NC(=O)[C@@H](Cc1c[nH]c2ccccc12)NC(=O)[C@H](CCCN=C(N)N)NC(=O)[C@@H](Cc1ccccc1)NC(=O)[C@@H]1CCCN1C(=O)[C@@H](N)CCSC)C(C)C)C(N)=O. The van der Waals surface area contributed by atoms with Crippen LogP contribution >= 0.6 is 11.8 Å². The zero-order valence-electron chi connectivity index (χ0n) is 73.1. The summed E-state index contributed by atoms with van der Waals surface area (Å²) in [6.07, 6.45) is 24.3. The number of aliphatic imine (C=N–C) groups is 1. The maximum absolute atomic E-state index is 15.5. The first-order chi connectivity index (χ1) is 59.8. The van der Waals surface area contributed by atoms with Crippen molar-refractivity contribution in [2.24, 2.45) is 44.7 Å². The van der Waals surface area contributed by atoms with Crippen molar-refractivity contribution < 1.29 is 62.3 Å². The molecule has 2 fully saturated rings. The van der Waals surface area contributed by atoms with E-state index in [0.29, 0.717) is 93.4 Å². The van der Waals surface area contributed by atoms with Crippen molar-refractivity contribution in [2.45, 2.75) is 274 Å². The number of nitrogens with two attached hydrogens (primary N) is 5. The Morgan fingerprint density at radius 3 is 1.60 bits per heavy atom. The summed E-state index contributed by atoms with van der Waals surface area (Å²) in [4.78, 5) is 193. The van der Waals surface area contributed by atoms with Crippen molar-refractivity contribution in [3.8, 4) is 0 Å². The monoisotopic (exact) mass is 1740 g/mol.